The molecule has 0 saturated heterocycles. The van der Waals surface area contributed by atoms with Crippen molar-refractivity contribution >= 4 is 5.69 Å². The summed E-state index contributed by atoms with van der Waals surface area (Å²) in [5.74, 6) is 0. The molecule has 2 aromatic rings. The van der Waals surface area contributed by atoms with Gasteiger partial charge in [0.25, 0.3) is 0 Å². The lowest BCUT2D eigenvalue weighted by Crippen LogP contribution is -2.35. The van der Waals surface area contributed by atoms with Gasteiger partial charge in [-0.25, -0.2) is 4.68 Å². The molecule has 5 heteroatoms. The van der Waals surface area contributed by atoms with Crippen molar-refractivity contribution in [2.45, 2.75) is 32.1 Å². The molecule has 1 fully saturated rings. The van der Waals surface area contributed by atoms with Gasteiger partial charge in [-0.1, -0.05) is 36.6 Å². The van der Waals surface area contributed by atoms with E-state index in [4.69, 9.17) is 0 Å². The maximum absolute atomic E-state index is 9.81. The number of hydrogen-bond acceptors (Lipinski definition) is 4. The molecule has 5 nitrogen and oxygen atoms in total. The van der Waals surface area contributed by atoms with Gasteiger partial charge in [-0.2, -0.15) is 0 Å². The van der Waals surface area contributed by atoms with Crippen molar-refractivity contribution in [2.75, 3.05) is 18.5 Å². The molecule has 1 aromatic heterocycles. The summed E-state index contributed by atoms with van der Waals surface area (Å²) in [4.78, 5) is 0. The van der Waals surface area contributed by atoms with Crippen LogP contribution in [0.3, 0.4) is 0 Å². The molecule has 0 amide bonds. The minimum atomic E-state index is 0.0216. The summed E-state index contributed by atoms with van der Waals surface area (Å²) in [5.41, 5.74) is 2.04. The molecule has 0 atom stereocenters. The van der Waals surface area contributed by atoms with Crippen molar-refractivity contribution in [3.05, 3.63) is 36.7 Å². The monoisotopic (exact) mass is 286 g/mol. The molecule has 2 N–H and O–H groups in total. The van der Waals surface area contributed by atoms with Crippen LogP contribution in [-0.4, -0.2) is 33.3 Å². The number of para-hydroxylation sites is 2. The van der Waals surface area contributed by atoms with Crippen LogP contribution < -0.4 is 5.32 Å². The number of aromatic nitrogens is 3. The quantitative estimate of drug-likeness (QED) is 0.887. The highest BCUT2D eigenvalue weighted by atomic mass is 16.3. The third-order valence-corrected chi connectivity index (χ3v) is 4.48. The third kappa shape index (κ3) is 3.08. The van der Waals surface area contributed by atoms with Gasteiger partial charge < -0.3 is 10.4 Å². The van der Waals surface area contributed by atoms with Crippen molar-refractivity contribution in [3.8, 4) is 5.69 Å². The van der Waals surface area contributed by atoms with Crippen LogP contribution in [0.25, 0.3) is 5.69 Å². The zero-order chi connectivity index (χ0) is 14.5. The van der Waals surface area contributed by atoms with E-state index in [0.29, 0.717) is 0 Å². The van der Waals surface area contributed by atoms with E-state index < -0.39 is 0 Å². The van der Waals surface area contributed by atoms with E-state index in [0.717, 1.165) is 30.8 Å². The lowest BCUT2D eigenvalue weighted by atomic mass is 9.74. The summed E-state index contributed by atoms with van der Waals surface area (Å²) in [5, 5.41) is 21.2. The second-order valence-corrected chi connectivity index (χ2v) is 5.94. The predicted molar refractivity (Wildman–Crippen MR) is 82.5 cm³/mol. The first-order valence-electron chi connectivity index (χ1n) is 7.63. The molecule has 1 heterocycles. The minimum Gasteiger partial charge on any atom is -0.396 e. The van der Waals surface area contributed by atoms with Crippen molar-refractivity contribution < 1.29 is 5.11 Å². The van der Waals surface area contributed by atoms with Crippen LogP contribution in [0.2, 0.25) is 0 Å². The van der Waals surface area contributed by atoms with Crippen molar-refractivity contribution in [3.63, 3.8) is 0 Å². The third-order valence-electron chi connectivity index (χ3n) is 4.48. The normalized spacial score (nSPS) is 17.6. The topological polar surface area (TPSA) is 63.0 Å². The Morgan fingerprint density at radius 3 is 2.71 bits per heavy atom. The summed E-state index contributed by atoms with van der Waals surface area (Å²) in [6.07, 6.45) is 9.43. The standard InChI is InChI=1S/C16H22N4O/c21-13-16(8-4-1-5-9-16)12-17-14-6-2-3-7-15(14)20-11-10-18-19-20/h2-3,6-7,10-11,17,21H,1,4-5,8-9,12-13H2. The molecule has 0 aliphatic heterocycles. The molecule has 21 heavy (non-hydrogen) atoms. The lowest BCUT2D eigenvalue weighted by molar-refractivity contribution is 0.0944. The van der Waals surface area contributed by atoms with Gasteiger partial charge >= 0.3 is 0 Å². The Hall–Kier alpha value is -1.88. The fraction of sp³-hybridized carbons (Fsp3) is 0.500. The van der Waals surface area contributed by atoms with Gasteiger partial charge in [0.2, 0.25) is 0 Å². The minimum absolute atomic E-state index is 0.0216. The van der Waals surface area contributed by atoms with E-state index in [2.05, 4.69) is 15.6 Å². The van der Waals surface area contributed by atoms with Crippen molar-refractivity contribution in [1.29, 1.82) is 0 Å². The lowest BCUT2D eigenvalue weighted by Gasteiger charge is -2.36. The first kappa shape index (κ1) is 14.1. The zero-order valence-electron chi connectivity index (χ0n) is 12.2. The smallest absolute Gasteiger partial charge is 0.0894 e. The number of nitrogens with one attached hydrogen (secondary N) is 1. The van der Waals surface area contributed by atoms with Gasteiger partial charge in [0.05, 0.1) is 30.4 Å². The second kappa shape index (κ2) is 6.26. The molecular weight excluding hydrogens is 264 g/mol. The Morgan fingerprint density at radius 1 is 1.19 bits per heavy atom. The van der Waals surface area contributed by atoms with Gasteiger partial charge in [0.15, 0.2) is 0 Å². The SMILES string of the molecule is OCC1(CNc2ccccc2-n2ccnn2)CCCCC1. The number of hydrogen-bond donors (Lipinski definition) is 2. The predicted octanol–water partition coefficient (Wildman–Crippen LogP) is 2.62. The molecule has 112 valence electrons. The van der Waals surface area contributed by atoms with Crippen molar-refractivity contribution in [1.82, 2.24) is 15.0 Å². The number of nitrogens with zero attached hydrogens (tertiary/aromatic N) is 3. The molecule has 1 aliphatic carbocycles. The summed E-state index contributed by atoms with van der Waals surface area (Å²) >= 11 is 0. The van der Waals surface area contributed by atoms with Gasteiger partial charge in [0.1, 0.15) is 0 Å². The van der Waals surface area contributed by atoms with Gasteiger partial charge in [-0.15, -0.1) is 5.10 Å². The van der Waals surface area contributed by atoms with E-state index >= 15 is 0 Å². The van der Waals surface area contributed by atoms with E-state index in [1.54, 1.807) is 10.9 Å². The summed E-state index contributed by atoms with van der Waals surface area (Å²) < 4.78 is 1.76. The van der Waals surface area contributed by atoms with Crippen LogP contribution in [-0.2, 0) is 0 Å². The molecule has 0 radical (unpaired) electrons. The van der Waals surface area contributed by atoms with E-state index in [-0.39, 0.29) is 12.0 Å². The second-order valence-electron chi connectivity index (χ2n) is 5.94. The number of aliphatic hydroxyl groups is 1. The first-order chi connectivity index (χ1) is 10.3. The first-order valence-corrected chi connectivity index (χ1v) is 7.63. The molecule has 3 rings (SSSR count). The fourth-order valence-electron chi connectivity index (χ4n) is 3.13. The molecule has 0 unspecified atom stereocenters. The van der Waals surface area contributed by atoms with Crippen LogP contribution in [0.5, 0.6) is 0 Å². The molecular formula is C16H22N4O. The van der Waals surface area contributed by atoms with Gasteiger partial charge in [-0.3, -0.25) is 0 Å². The van der Waals surface area contributed by atoms with Crippen molar-refractivity contribution in [2.24, 2.45) is 5.41 Å². The summed E-state index contributed by atoms with van der Waals surface area (Å²) in [7, 11) is 0. The average molecular weight is 286 g/mol. The van der Waals surface area contributed by atoms with Crippen LogP contribution in [0.15, 0.2) is 36.7 Å². The highest BCUT2D eigenvalue weighted by Gasteiger charge is 2.31. The number of rotatable bonds is 5. The molecule has 1 aliphatic rings. The Balaban J connectivity index is 1.76. The Bertz CT molecular complexity index is 561. The highest BCUT2D eigenvalue weighted by Crippen LogP contribution is 2.36. The maximum Gasteiger partial charge on any atom is 0.0894 e. The Labute approximate surface area is 125 Å². The highest BCUT2D eigenvalue weighted by molar-refractivity contribution is 5.60. The molecule has 0 bridgehead atoms. The van der Waals surface area contributed by atoms with E-state index in [9.17, 15) is 5.11 Å². The Kier molecular flexibility index (Phi) is 4.20. The van der Waals surface area contributed by atoms with Crippen LogP contribution >= 0.6 is 0 Å². The fourth-order valence-corrected chi connectivity index (χ4v) is 3.13. The Morgan fingerprint density at radius 2 is 2.00 bits per heavy atom. The molecule has 1 saturated carbocycles. The zero-order valence-corrected chi connectivity index (χ0v) is 12.2. The van der Waals surface area contributed by atoms with E-state index in [1.807, 2.05) is 30.5 Å². The average Bonchev–Trinajstić information content (AvgIpc) is 3.08. The molecule has 1 aromatic carbocycles. The van der Waals surface area contributed by atoms with Gasteiger partial charge in [-0.05, 0) is 25.0 Å². The maximum atomic E-state index is 9.81. The van der Waals surface area contributed by atoms with E-state index in [1.165, 1.54) is 19.3 Å². The number of anilines is 1. The number of aliphatic hydroxyl groups excluding tert-OH is 1. The molecule has 0 spiro atoms. The van der Waals surface area contributed by atoms with Crippen LogP contribution in [0.1, 0.15) is 32.1 Å². The van der Waals surface area contributed by atoms with Crippen LogP contribution in [0.4, 0.5) is 5.69 Å². The van der Waals surface area contributed by atoms with Gasteiger partial charge in [0, 0.05) is 12.0 Å². The largest absolute Gasteiger partial charge is 0.396 e. The summed E-state index contributed by atoms with van der Waals surface area (Å²) in [6.45, 7) is 1.06. The summed E-state index contributed by atoms with van der Waals surface area (Å²) in [6, 6.07) is 8.06. The van der Waals surface area contributed by atoms with Crippen LogP contribution in [0, 0.1) is 5.41 Å². The number of benzene rings is 1.